The normalized spacial score (nSPS) is 28.2. The van der Waals surface area contributed by atoms with Gasteiger partial charge in [0, 0.05) is 49.1 Å². The van der Waals surface area contributed by atoms with Crippen LogP contribution in [0.5, 0.6) is 0 Å². The van der Waals surface area contributed by atoms with Crippen molar-refractivity contribution in [3.63, 3.8) is 0 Å². The zero-order chi connectivity index (χ0) is 21.4. The zero-order valence-corrected chi connectivity index (χ0v) is 17.6. The molecule has 4 rings (SSSR count). The lowest BCUT2D eigenvalue weighted by Crippen LogP contribution is -2.66. The molecule has 3 aliphatic rings. The van der Waals surface area contributed by atoms with E-state index in [2.05, 4.69) is 10.3 Å². The van der Waals surface area contributed by atoms with Gasteiger partial charge in [-0.2, -0.15) is 0 Å². The molecule has 2 unspecified atom stereocenters. The molecule has 0 spiro atoms. The number of piperidine rings is 1. The maximum absolute atomic E-state index is 14.7. The van der Waals surface area contributed by atoms with Crippen LogP contribution in [0.15, 0.2) is 5.51 Å². The van der Waals surface area contributed by atoms with E-state index in [1.54, 1.807) is 16.8 Å². The summed E-state index contributed by atoms with van der Waals surface area (Å²) < 4.78 is 34.9. The number of carbonyl (C=O) groups excluding carboxylic acids is 2. The van der Waals surface area contributed by atoms with Crippen LogP contribution >= 0.6 is 11.3 Å². The van der Waals surface area contributed by atoms with Crippen molar-refractivity contribution in [2.45, 2.75) is 56.2 Å². The number of thiazole rings is 1. The Morgan fingerprint density at radius 3 is 2.97 bits per heavy atom. The van der Waals surface area contributed by atoms with E-state index in [9.17, 15) is 18.4 Å². The van der Waals surface area contributed by atoms with Crippen LogP contribution in [0.25, 0.3) is 0 Å². The van der Waals surface area contributed by atoms with E-state index in [1.807, 2.05) is 4.90 Å². The minimum absolute atomic E-state index is 0.0814. The van der Waals surface area contributed by atoms with Gasteiger partial charge >= 0.3 is 0 Å². The molecule has 3 N–H and O–H groups in total. The summed E-state index contributed by atoms with van der Waals surface area (Å²) in [6, 6.07) is -0.726. The number of aromatic nitrogens is 1. The first-order valence-electron chi connectivity index (χ1n) is 10.4. The Labute approximate surface area is 178 Å². The number of halogens is 2. The number of ether oxygens (including phenoxy) is 1. The third kappa shape index (κ3) is 4.15. The summed E-state index contributed by atoms with van der Waals surface area (Å²) in [6.45, 7) is 1.41. The standard InChI is InChI=1S/C20H28F2N4O3S/c21-20(22)11-24-18(28)7-14(20)8-19(23,13-2-5-29-6-3-13)17(10-27)26-4-1-16-15(9-26)25-12-30-16/h10,12-14,17H,1-9,11,23H2,(H,24,28)/t14?,17?,19-/m0/s1. The number of nitrogens with one attached hydrogen (secondary N) is 1. The van der Waals surface area contributed by atoms with Gasteiger partial charge in [0.15, 0.2) is 0 Å². The van der Waals surface area contributed by atoms with Crippen LogP contribution in [0.1, 0.15) is 36.3 Å². The van der Waals surface area contributed by atoms with Crippen LogP contribution in [-0.2, 0) is 27.3 Å². The van der Waals surface area contributed by atoms with Gasteiger partial charge in [-0.15, -0.1) is 11.3 Å². The second-order valence-corrected chi connectivity index (χ2v) is 9.60. The lowest BCUT2D eigenvalue weighted by Gasteiger charge is -2.50. The van der Waals surface area contributed by atoms with E-state index < -0.39 is 35.9 Å². The van der Waals surface area contributed by atoms with E-state index in [1.165, 1.54) is 4.88 Å². The van der Waals surface area contributed by atoms with E-state index in [0.29, 0.717) is 39.1 Å². The molecule has 10 heteroatoms. The van der Waals surface area contributed by atoms with E-state index >= 15 is 0 Å². The number of aldehydes is 1. The molecule has 7 nitrogen and oxygen atoms in total. The van der Waals surface area contributed by atoms with Crippen LogP contribution in [0.4, 0.5) is 8.78 Å². The van der Waals surface area contributed by atoms with E-state index in [4.69, 9.17) is 10.5 Å². The fourth-order valence-electron chi connectivity index (χ4n) is 5.15. The molecule has 30 heavy (non-hydrogen) atoms. The molecule has 1 aromatic heterocycles. The smallest absolute Gasteiger partial charge is 0.268 e. The van der Waals surface area contributed by atoms with Crippen molar-refractivity contribution >= 4 is 23.5 Å². The third-order valence-corrected chi connectivity index (χ3v) is 7.84. The fourth-order valence-corrected chi connectivity index (χ4v) is 5.92. The number of hydrogen-bond acceptors (Lipinski definition) is 7. The number of nitrogens with zero attached hydrogens (tertiary/aromatic N) is 2. The second kappa shape index (κ2) is 8.57. The summed E-state index contributed by atoms with van der Waals surface area (Å²) in [7, 11) is 0. The van der Waals surface area contributed by atoms with Gasteiger partial charge in [0.1, 0.15) is 6.29 Å². The lowest BCUT2D eigenvalue weighted by atomic mass is 9.67. The number of alkyl halides is 2. The van der Waals surface area contributed by atoms with Crippen LogP contribution in [0, 0.1) is 11.8 Å². The molecular formula is C20H28F2N4O3S. The highest BCUT2D eigenvalue weighted by molar-refractivity contribution is 7.09. The van der Waals surface area contributed by atoms with Gasteiger partial charge in [0.05, 0.1) is 23.8 Å². The van der Waals surface area contributed by atoms with Crippen LogP contribution in [0.3, 0.4) is 0 Å². The van der Waals surface area contributed by atoms with E-state index in [0.717, 1.165) is 18.4 Å². The summed E-state index contributed by atoms with van der Waals surface area (Å²) in [5.74, 6) is -4.78. The van der Waals surface area contributed by atoms with Crippen LogP contribution < -0.4 is 11.1 Å². The van der Waals surface area contributed by atoms with Gasteiger partial charge in [-0.05, 0) is 31.6 Å². The molecule has 0 aromatic carbocycles. The molecule has 2 fully saturated rings. The first-order valence-corrected chi connectivity index (χ1v) is 11.3. The highest BCUT2D eigenvalue weighted by Crippen LogP contribution is 2.42. The monoisotopic (exact) mass is 442 g/mol. The average molecular weight is 443 g/mol. The van der Waals surface area contributed by atoms with Crippen LogP contribution in [0.2, 0.25) is 0 Å². The quantitative estimate of drug-likeness (QED) is 0.646. The van der Waals surface area contributed by atoms with Crippen molar-refractivity contribution in [2.24, 2.45) is 17.6 Å². The molecule has 0 radical (unpaired) electrons. The molecule has 3 atom stereocenters. The van der Waals surface area contributed by atoms with Gasteiger partial charge < -0.3 is 20.6 Å². The van der Waals surface area contributed by atoms with Crippen molar-refractivity contribution in [2.75, 3.05) is 26.3 Å². The number of nitrogens with two attached hydrogens (primary N) is 1. The minimum atomic E-state index is -3.05. The zero-order valence-electron chi connectivity index (χ0n) is 16.8. The van der Waals surface area contributed by atoms with Gasteiger partial charge in [-0.3, -0.25) is 9.69 Å². The minimum Gasteiger partial charge on any atom is -0.381 e. The Kier molecular flexibility index (Phi) is 6.20. The summed E-state index contributed by atoms with van der Waals surface area (Å²) in [5.41, 5.74) is 8.48. The summed E-state index contributed by atoms with van der Waals surface area (Å²) in [5, 5.41) is 2.25. The van der Waals surface area contributed by atoms with Crippen molar-refractivity contribution in [1.29, 1.82) is 0 Å². The van der Waals surface area contributed by atoms with Crippen molar-refractivity contribution < 1.29 is 23.1 Å². The van der Waals surface area contributed by atoms with Crippen molar-refractivity contribution in [3.05, 3.63) is 16.1 Å². The molecule has 0 bridgehead atoms. The Morgan fingerprint density at radius 1 is 1.47 bits per heavy atom. The number of fused-ring (bicyclic) bond motifs is 1. The summed E-state index contributed by atoms with van der Waals surface area (Å²) in [6.07, 6.45) is 2.44. The first kappa shape index (κ1) is 21.7. The number of hydrogen-bond donors (Lipinski definition) is 2. The van der Waals surface area contributed by atoms with Crippen molar-refractivity contribution in [3.8, 4) is 0 Å². The molecule has 1 aromatic rings. The largest absolute Gasteiger partial charge is 0.381 e. The maximum atomic E-state index is 14.7. The Morgan fingerprint density at radius 2 is 2.23 bits per heavy atom. The lowest BCUT2D eigenvalue weighted by molar-refractivity contribution is -0.142. The average Bonchev–Trinajstić information content (AvgIpc) is 3.20. The van der Waals surface area contributed by atoms with Crippen LogP contribution in [-0.4, -0.2) is 65.9 Å². The first-order chi connectivity index (χ1) is 14.3. The Hall–Kier alpha value is -1.49. The molecule has 3 aliphatic heterocycles. The molecule has 0 saturated carbocycles. The SMILES string of the molecule is N[C@@](CC1CC(=O)NCC1(F)F)(C1CCOCC1)C(C=O)N1CCc2scnc2C1. The Balaban J connectivity index is 1.64. The number of rotatable bonds is 6. The molecule has 4 heterocycles. The highest BCUT2D eigenvalue weighted by Gasteiger charge is 2.53. The molecular weight excluding hydrogens is 414 g/mol. The molecule has 1 amide bonds. The number of carbonyl (C=O) groups is 2. The molecule has 2 saturated heterocycles. The predicted octanol–water partition coefficient (Wildman–Crippen LogP) is 1.35. The topological polar surface area (TPSA) is 97.6 Å². The van der Waals surface area contributed by atoms with Gasteiger partial charge in [-0.1, -0.05) is 0 Å². The molecule has 166 valence electrons. The summed E-state index contributed by atoms with van der Waals surface area (Å²) in [4.78, 5) is 31.8. The number of amides is 1. The van der Waals surface area contributed by atoms with Gasteiger partial charge in [0.25, 0.3) is 5.92 Å². The van der Waals surface area contributed by atoms with E-state index in [-0.39, 0.29) is 18.8 Å². The maximum Gasteiger partial charge on any atom is 0.268 e. The van der Waals surface area contributed by atoms with Crippen molar-refractivity contribution in [1.82, 2.24) is 15.2 Å². The second-order valence-electron chi connectivity index (χ2n) is 8.67. The Bertz CT molecular complexity index is 786. The summed E-state index contributed by atoms with van der Waals surface area (Å²) >= 11 is 1.59. The van der Waals surface area contributed by atoms with Gasteiger partial charge in [-0.25, -0.2) is 13.8 Å². The highest BCUT2D eigenvalue weighted by atomic mass is 32.1. The van der Waals surface area contributed by atoms with Gasteiger partial charge in [0.2, 0.25) is 5.91 Å². The fraction of sp³-hybridized carbons (Fsp3) is 0.750. The third-order valence-electron chi connectivity index (χ3n) is 6.91. The molecule has 0 aliphatic carbocycles. The predicted molar refractivity (Wildman–Crippen MR) is 107 cm³/mol.